The zero-order chi connectivity index (χ0) is 16.9. The van der Waals surface area contributed by atoms with Gasteiger partial charge in [0, 0.05) is 12.0 Å². The van der Waals surface area contributed by atoms with Crippen LogP contribution in [0.3, 0.4) is 0 Å². The van der Waals surface area contributed by atoms with Gasteiger partial charge in [-0.05, 0) is 57.9 Å². The van der Waals surface area contributed by atoms with E-state index in [9.17, 15) is 9.90 Å². The molecule has 3 nitrogen and oxygen atoms in total. The van der Waals surface area contributed by atoms with Gasteiger partial charge in [0.05, 0.1) is 30.3 Å². The van der Waals surface area contributed by atoms with Crippen molar-refractivity contribution in [2.45, 2.75) is 64.3 Å². The maximum atomic E-state index is 11.5. The molecule has 122 valence electrons. The van der Waals surface area contributed by atoms with Gasteiger partial charge in [0.15, 0.2) is 0 Å². The summed E-state index contributed by atoms with van der Waals surface area (Å²) in [4.78, 5) is 11.5. The van der Waals surface area contributed by atoms with Crippen molar-refractivity contribution in [3.8, 4) is 5.75 Å². The number of benzene rings is 1. The minimum atomic E-state index is -0.547. The van der Waals surface area contributed by atoms with Gasteiger partial charge in [-0.15, -0.1) is 0 Å². The smallest absolute Gasteiger partial charge is 0.323 e. The first kappa shape index (κ1) is 18.9. The summed E-state index contributed by atoms with van der Waals surface area (Å²) in [6.07, 6.45) is 1.72. The molecule has 0 aliphatic carbocycles. The van der Waals surface area contributed by atoms with Crippen molar-refractivity contribution in [3.05, 3.63) is 28.8 Å². The Morgan fingerprint density at radius 1 is 1.18 bits per heavy atom. The van der Waals surface area contributed by atoms with Crippen LogP contribution in [0, 0.1) is 0 Å². The van der Waals surface area contributed by atoms with E-state index >= 15 is 0 Å². The van der Waals surface area contributed by atoms with Crippen molar-refractivity contribution in [1.82, 2.24) is 0 Å². The zero-order valence-electron chi connectivity index (χ0n) is 14.6. The fourth-order valence-corrected chi connectivity index (χ4v) is 7.62. The first-order chi connectivity index (χ1) is 10.3. The molecular formula is C18H29O3Si+. The number of carbonyl (C=O) groups excluding carboxylic acids is 1. The number of ether oxygens (including phenoxy) is 1. The van der Waals surface area contributed by atoms with Crippen LogP contribution in [0.4, 0.5) is 0 Å². The van der Waals surface area contributed by atoms with Crippen LogP contribution in [0.15, 0.2) is 12.1 Å². The topological polar surface area (TPSA) is 46.5 Å². The molecule has 0 spiro atoms. The summed E-state index contributed by atoms with van der Waals surface area (Å²) in [6.45, 7) is 11.4. The summed E-state index contributed by atoms with van der Waals surface area (Å²) < 4.78 is 5.22. The Balaban J connectivity index is 3.17. The van der Waals surface area contributed by atoms with Crippen LogP contribution in [0.1, 0.15) is 56.1 Å². The Labute approximate surface area is 136 Å². The second kappa shape index (κ2) is 8.49. The SMILES string of the molecule is COc1cc(C=O)c(CC(C)[Si+](C(C)C)C(C)C)c(CO)c1. The fraction of sp³-hybridized carbons (Fsp3) is 0.611. The lowest BCUT2D eigenvalue weighted by atomic mass is 9.97. The monoisotopic (exact) mass is 321 g/mol. The number of rotatable bonds is 8. The number of aliphatic hydroxyl groups excluding tert-OH is 1. The number of methoxy groups -OCH3 is 1. The molecule has 1 rings (SSSR count). The van der Waals surface area contributed by atoms with Gasteiger partial charge in [-0.2, -0.15) is 0 Å². The van der Waals surface area contributed by atoms with E-state index in [1.54, 1.807) is 13.2 Å². The predicted octanol–water partition coefficient (Wildman–Crippen LogP) is 4.25. The number of aliphatic hydroxyl groups is 1. The standard InChI is InChI=1S/C18H29O3Si/c1-12(2)22(13(3)4)14(5)7-18-15(10-19)8-17(21-6)9-16(18)11-20/h8-10,12-14,20H,7,11H2,1-6H3/q+1. The lowest BCUT2D eigenvalue weighted by Gasteiger charge is -2.19. The highest BCUT2D eigenvalue weighted by Crippen LogP contribution is 2.34. The van der Waals surface area contributed by atoms with Crippen LogP contribution >= 0.6 is 0 Å². The van der Waals surface area contributed by atoms with Crippen LogP contribution in [-0.4, -0.2) is 27.3 Å². The molecule has 0 aliphatic rings. The van der Waals surface area contributed by atoms with Gasteiger partial charge in [-0.3, -0.25) is 4.79 Å². The largest absolute Gasteiger partial charge is 0.497 e. The fourth-order valence-electron chi connectivity index (χ4n) is 3.57. The van der Waals surface area contributed by atoms with Crippen molar-refractivity contribution in [1.29, 1.82) is 0 Å². The van der Waals surface area contributed by atoms with Gasteiger partial charge in [-0.1, -0.05) is 0 Å². The van der Waals surface area contributed by atoms with Gasteiger partial charge < -0.3 is 9.84 Å². The second-order valence-electron chi connectivity index (χ2n) is 6.54. The molecule has 1 atom stereocenters. The Bertz CT molecular complexity index is 489. The Morgan fingerprint density at radius 2 is 1.77 bits per heavy atom. The minimum Gasteiger partial charge on any atom is -0.497 e. The average molecular weight is 322 g/mol. The van der Waals surface area contributed by atoms with E-state index in [1.165, 1.54) is 0 Å². The molecule has 0 amide bonds. The summed E-state index contributed by atoms with van der Waals surface area (Å²) in [5, 5.41) is 9.67. The van der Waals surface area contributed by atoms with Gasteiger partial charge in [-0.25, -0.2) is 0 Å². The maximum absolute atomic E-state index is 11.5. The molecule has 0 heterocycles. The van der Waals surface area contributed by atoms with Crippen LogP contribution in [0.25, 0.3) is 0 Å². The summed E-state index contributed by atoms with van der Waals surface area (Å²) in [5.74, 6) is 0.626. The molecule has 0 bridgehead atoms. The van der Waals surface area contributed by atoms with Gasteiger partial charge in [0.25, 0.3) is 0 Å². The third-order valence-corrected chi connectivity index (χ3v) is 8.30. The van der Waals surface area contributed by atoms with E-state index in [0.717, 1.165) is 23.8 Å². The number of hydrogen-bond acceptors (Lipinski definition) is 3. The molecule has 0 fully saturated rings. The Morgan fingerprint density at radius 3 is 2.18 bits per heavy atom. The highest BCUT2D eigenvalue weighted by atomic mass is 28.3. The summed E-state index contributed by atoms with van der Waals surface area (Å²) >= 11 is 0. The van der Waals surface area contributed by atoms with E-state index in [0.29, 0.717) is 27.9 Å². The van der Waals surface area contributed by atoms with Crippen LogP contribution < -0.4 is 4.74 Å². The van der Waals surface area contributed by atoms with Crippen molar-refractivity contribution in [2.75, 3.05) is 7.11 Å². The average Bonchev–Trinajstić information content (AvgIpc) is 2.46. The van der Waals surface area contributed by atoms with E-state index in [1.807, 2.05) is 6.07 Å². The van der Waals surface area contributed by atoms with Crippen LogP contribution in [-0.2, 0) is 13.0 Å². The lowest BCUT2D eigenvalue weighted by Crippen LogP contribution is -2.28. The minimum absolute atomic E-state index is 0.0640. The highest BCUT2D eigenvalue weighted by molar-refractivity contribution is 6.63. The van der Waals surface area contributed by atoms with Crippen molar-refractivity contribution in [3.63, 3.8) is 0 Å². The molecule has 1 unspecified atom stereocenters. The third kappa shape index (κ3) is 4.43. The van der Waals surface area contributed by atoms with E-state index in [2.05, 4.69) is 34.6 Å². The molecule has 0 saturated carbocycles. The molecule has 1 aromatic carbocycles. The van der Waals surface area contributed by atoms with Gasteiger partial charge in [0.2, 0.25) is 0 Å². The quantitative estimate of drug-likeness (QED) is 0.575. The maximum Gasteiger partial charge on any atom is 0.323 e. The Hall–Kier alpha value is -1.13. The van der Waals surface area contributed by atoms with Crippen LogP contribution in [0.2, 0.25) is 16.6 Å². The molecule has 1 N–H and O–H groups in total. The van der Waals surface area contributed by atoms with Crippen molar-refractivity contribution in [2.24, 2.45) is 0 Å². The molecule has 1 aromatic rings. The van der Waals surface area contributed by atoms with Crippen molar-refractivity contribution < 1.29 is 14.6 Å². The number of hydrogen-bond donors (Lipinski definition) is 1. The molecule has 0 saturated heterocycles. The van der Waals surface area contributed by atoms with E-state index in [4.69, 9.17) is 4.74 Å². The highest BCUT2D eigenvalue weighted by Gasteiger charge is 2.41. The van der Waals surface area contributed by atoms with E-state index in [-0.39, 0.29) is 6.61 Å². The van der Waals surface area contributed by atoms with Crippen LogP contribution in [0.5, 0.6) is 5.75 Å². The van der Waals surface area contributed by atoms with Crippen molar-refractivity contribution >= 4 is 15.1 Å². The number of carbonyl (C=O) groups is 1. The summed E-state index contributed by atoms with van der Waals surface area (Å²) in [7, 11) is 1.03. The Kier molecular flexibility index (Phi) is 7.30. The zero-order valence-corrected chi connectivity index (χ0v) is 15.6. The number of aldehydes is 1. The lowest BCUT2D eigenvalue weighted by molar-refractivity contribution is 0.112. The molecular weight excluding hydrogens is 292 g/mol. The normalized spacial score (nSPS) is 12.6. The molecule has 4 heteroatoms. The second-order valence-corrected chi connectivity index (χ2v) is 10.8. The third-order valence-electron chi connectivity index (χ3n) is 4.30. The van der Waals surface area contributed by atoms with E-state index < -0.39 is 8.80 Å². The molecule has 22 heavy (non-hydrogen) atoms. The first-order valence-electron chi connectivity index (χ1n) is 7.98. The van der Waals surface area contributed by atoms with Gasteiger partial charge in [0.1, 0.15) is 12.0 Å². The predicted molar refractivity (Wildman–Crippen MR) is 93.4 cm³/mol. The first-order valence-corrected chi connectivity index (χ1v) is 9.71. The van der Waals surface area contributed by atoms with Gasteiger partial charge >= 0.3 is 8.80 Å². The summed E-state index contributed by atoms with van der Waals surface area (Å²) in [5.41, 5.74) is 4.36. The summed E-state index contributed by atoms with van der Waals surface area (Å²) in [6, 6.07) is 3.61. The molecule has 0 aromatic heterocycles. The molecule has 0 aliphatic heterocycles. The molecule has 0 radical (unpaired) electrons.